The van der Waals surface area contributed by atoms with Gasteiger partial charge in [0, 0.05) is 33.0 Å². The molecule has 5 nitrogen and oxygen atoms in total. The van der Waals surface area contributed by atoms with Gasteiger partial charge in [-0.3, -0.25) is 0 Å². The minimum Gasteiger partial charge on any atom is -0.478 e. The number of nitrogens with zero attached hydrogens (tertiary/aromatic N) is 1. The molecule has 0 aromatic heterocycles. The first-order valence-electron chi connectivity index (χ1n) is 5.75. The molecule has 0 amide bonds. The number of anilines is 1. The molecule has 0 aliphatic carbocycles. The van der Waals surface area contributed by atoms with Crippen LogP contribution in [0.3, 0.4) is 0 Å². The van der Waals surface area contributed by atoms with E-state index in [0.717, 1.165) is 18.8 Å². The van der Waals surface area contributed by atoms with E-state index in [4.69, 9.17) is 14.6 Å². The lowest BCUT2D eigenvalue weighted by molar-refractivity contribution is 0.0697. The number of carboxylic acids is 1. The third kappa shape index (κ3) is 4.35. The quantitative estimate of drug-likeness (QED) is 0.760. The molecule has 0 heterocycles. The summed E-state index contributed by atoms with van der Waals surface area (Å²) in [4.78, 5) is 12.9. The number of aromatic carboxylic acids is 1. The molecule has 100 valence electrons. The van der Waals surface area contributed by atoms with Crippen molar-refractivity contribution in [3.63, 3.8) is 0 Å². The number of methoxy groups -OCH3 is 2. The highest BCUT2D eigenvalue weighted by atomic mass is 16.5. The van der Waals surface area contributed by atoms with Crippen molar-refractivity contribution in [2.24, 2.45) is 0 Å². The molecule has 0 fully saturated rings. The van der Waals surface area contributed by atoms with Gasteiger partial charge in [0.05, 0.1) is 18.8 Å². The highest BCUT2D eigenvalue weighted by Gasteiger charge is 2.08. The molecule has 0 aliphatic heterocycles. The smallest absolute Gasteiger partial charge is 0.335 e. The van der Waals surface area contributed by atoms with Gasteiger partial charge in [-0.05, 0) is 24.3 Å². The predicted molar refractivity (Wildman–Crippen MR) is 69.4 cm³/mol. The Hall–Kier alpha value is -1.59. The average molecular weight is 253 g/mol. The van der Waals surface area contributed by atoms with E-state index in [2.05, 4.69) is 4.90 Å². The molecule has 0 atom stereocenters. The fourth-order valence-electron chi connectivity index (χ4n) is 1.59. The Bertz CT molecular complexity index is 356. The van der Waals surface area contributed by atoms with Crippen LogP contribution in [0.2, 0.25) is 0 Å². The van der Waals surface area contributed by atoms with Crippen molar-refractivity contribution in [3.05, 3.63) is 29.8 Å². The normalized spacial score (nSPS) is 10.3. The van der Waals surface area contributed by atoms with Gasteiger partial charge in [-0.1, -0.05) is 0 Å². The second kappa shape index (κ2) is 7.68. The Morgan fingerprint density at radius 1 is 1.11 bits per heavy atom. The first-order chi connectivity index (χ1) is 8.69. The zero-order valence-corrected chi connectivity index (χ0v) is 10.8. The summed E-state index contributed by atoms with van der Waals surface area (Å²) in [6.07, 6.45) is 0. The topological polar surface area (TPSA) is 59.0 Å². The molecule has 5 heteroatoms. The summed E-state index contributed by atoms with van der Waals surface area (Å²) in [6, 6.07) is 6.80. The molecule has 1 N–H and O–H groups in total. The summed E-state index contributed by atoms with van der Waals surface area (Å²) < 4.78 is 10.1. The number of hydrogen-bond acceptors (Lipinski definition) is 4. The lowest BCUT2D eigenvalue weighted by atomic mass is 10.2. The predicted octanol–water partition coefficient (Wildman–Crippen LogP) is 1.48. The van der Waals surface area contributed by atoms with Gasteiger partial charge in [0.25, 0.3) is 0 Å². The summed E-state index contributed by atoms with van der Waals surface area (Å²) in [7, 11) is 3.31. The van der Waals surface area contributed by atoms with Gasteiger partial charge in [0.2, 0.25) is 0 Å². The van der Waals surface area contributed by atoms with Crippen molar-refractivity contribution >= 4 is 11.7 Å². The molecule has 0 saturated carbocycles. The maximum absolute atomic E-state index is 10.8. The van der Waals surface area contributed by atoms with Gasteiger partial charge in [-0.15, -0.1) is 0 Å². The monoisotopic (exact) mass is 253 g/mol. The van der Waals surface area contributed by atoms with E-state index in [-0.39, 0.29) is 5.56 Å². The van der Waals surface area contributed by atoms with Gasteiger partial charge >= 0.3 is 5.97 Å². The molecule has 0 radical (unpaired) electrons. The second-order valence-corrected chi connectivity index (χ2v) is 3.82. The van der Waals surface area contributed by atoms with Crippen LogP contribution in [0, 0.1) is 0 Å². The molecule has 0 spiro atoms. The molecule has 18 heavy (non-hydrogen) atoms. The van der Waals surface area contributed by atoms with Gasteiger partial charge in [0.15, 0.2) is 0 Å². The minimum atomic E-state index is -0.915. The largest absolute Gasteiger partial charge is 0.478 e. The van der Waals surface area contributed by atoms with E-state index in [1.165, 1.54) is 0 Å². The van der Waals surface area contributed by atoms with Gasteiger partial charge in [-0.25, -0.2) is 4.79 Å². The molecule has 1 rings (SSSR count). The first-order valence-corrected chi connectivity index (χ1v) is 5.75. The van der Waals surface area contributed by atoms with E-state index in [1.807, 2.05) is 0 Å². The number of rotatable bonds is 8. The molecule has 0 unspecified atom stereocenters. The van der Waals surface area contributed by atoms with Crippen LogP contribution in [-0.4, -0.2) is 51.6 Å². The van der Waals surface area contributed by atoms with Crippen LogP contribution in [0.15, 0.2) is 24.3 Å². The second-order valence-electron chi connectivity index (χ2n) is 3.82. The van der Waals surface area contributed by atoms with Crippen LogP contribution in [0.1, 0.15) is 10.4 Å². The van der Waals surface area contributed by atoms with E-state index in [9.17, 15) is 4.79 Å². The summed E-state index contributed by atoms with van der Waals surface area (Å²) in [5.74, 6) is -0.915. The van der Waals surface area contributed by atoms with Crippen molar-refractivity contribution in [3.8, 4) is 0 Å². The van der Waals surface area contributed by atoms with Crippen LogP contribution in [0.25, 0.3) is 0 Å². The summed E-state index contributed by atoms with van der Waals surface area (Å²) in [5.41, 5.74) is 1.26. The van der Waals surface area contributed by atoms with Gasteiger partial charge < -0.3 is 19.5 Å². The van der Waals surface area contributed by atoms with E-state index in [0.29, 0.717) is 13.2 Å². The fourth-order valence-corrected chi connectivity index (χ4v) is 1.59. The van der Waals surface area contributed by atoms with Crippen molar-refractivity contribution in [1.29, 1.82) is 0 Å². The summed E-state index contributed by atoms with van der Waals surface area (Å²) in [5, 5.41) is 8.84. The summed E-state index contributed by atoms with van der Waals surface area (Å²) in [6.45, 7) is 2.72. The van der Waals surface area contributed by atoms with Crippen LogP contribution in [0.5, 0.6) is 0 Å². The number of carboxylic acid groups (broad SMARTS) is 1. The number of ether oxygens (including phenoxy) is 2. The average Bonchev–Trinajstić information content (AvgIpc) is 2.39. The molecule has 1 aromatic carbocycles. The molecular formula is C13H19NO4. The van der Waals surface area contributed by atoms with E-state index >= 15 is 0 Å². The Kier molecular flexibility index (Phi) is 6.18. The van der Waals surface area contributed by atoms with Crippen LogP contribution < -0.4 is 4.90 Å². The van der Waals surface area contributed by atoms with Crippen LogP contribution >= 0.6 is 0 Å². The number of carbonyl (C=O) groups is 1. The number of benzene rings is 1. The zero-order valence-electron chi connectivity index (χ0n) is 10.8. The van der Waals surface area contributed by atoms with E-state index < -0.39 is 5.97 Å². The van der Waals surface area contributed by atoms with Crippen molar-refractivity contribution in [1.82, 2.24) is 0 Å². The fraction of sp³-hybridized carbons (Fsp3) is 0.462. The highest BCUT2D eigenvalue weighted by molar-refractivity contribution is 5.88. The Morgan fingerprint density at radius 3 is 2.00 bits per heavy atom. The van der Waals surface area contributed by atoms with E-state index in [1.54, 1.807) is 38.5 Å². The Morgan fingerprint density at radius 2 is 1.61 bits per heavy atom. The lowest BCUT2D eigenvalue weighted by Gasteiger charge is -2.24. The van der Waals surface area contributed by atoms with Crippen molar-refractivity contribution in [2.45, 2.75) is 0 Å². The summed E-state index contributed by atoms with van der Waals surface area (Å²) >= 11 is 0. The molecule has 0 aliphatic rings. The maximum Gasteiger partial charge on any atom is 0.335 e. The molecule has 0 saturated heterocycles. The van der Waals surface area contributed by atoms with Crippen molar-refractivity contribution in [2.75, 3.05) is 45.4 Å². The minimum absolute atomic E-state index is 0.289. The van der Waals surface area contributed by atoms with Gasteiger partial charge in [-0.2, -0.15) is 0 Å². The van der Waals surface area contributed by atoms with Crippen molar-refractivity contribution < 1.29 is 19.4 Å². The van der Waals surface area contributed by atoms with Crippen LogP contribution in [-0.2, 0) is 9.47 Å². The van der Waals surface area contributed by atoms with Crippen LogP contribution in [0.4, 0.5) is 5.69 Å². The molecular weight excluding hydrogens is 234 g/mol. The Labute approximate surface area is 107 Å². The molecule has 1 aromatic rings. The first kappa shape index (κ1) is 14.5. The number of hydrogen-bond donors (Lipinski definition) is 1. The highest BCUT2D eigenvalue weighted by Crippen LogP contribution is 2.15. The zero-order chi connectivity index (χ0) is 13.4. The van der Waals surface area contributed by atoms with Gasteiger partial charge in [0.1, 0.15) is 0 Å². The standard InChI is InChI=1S/C13H19NO4/c1-17-9-7-14(8-10-18-2)12-5-3-11(4-6-12)13(15)16/h3-6H,7-10H2,1-2H3,(H,15,16). The molecule has 0 bridgehead atoms. The maximum atomic E-state index is 10.8. The third-order valence-corrected chi connectivity index (χ3v) is 2.61. The SMILES string of the molecule is COCCN(CCOC)c1ccc(C(=O)O)cc1. The lowest BCUT2D eigenvalue weighted by Crippen LogP contribution is -2.30. The Balaban J connectivity index is 2.73. The third-order valence-electron chi connectivity index (χ3n) is 2.61.